The standard InChI is InChI=1S/C11H10F2N2O2/c12-11(13)7(5-10(16)17)8-6-14-9-3-1-2-4-15(8)9/h1-4,6-7,11H,5H2,(H,16,17). The Balaban J connectivity index is 2.45. The van der Waals surface area contributed by atoms with Crippen LogP contribution in [0, 0.1) is 0 Å². The second-order valence-electron chi connectivity index (χ2n) is 3.65. The highest BCUT2D eigenvalue weighted by atomic mass is 19.3. The van der Waals surface area contributed by atoms with Gasteiger partial charge in [0.2, 0.25) is 6.43 Å². The van der Waals surface area contributed by atoms with Crippen LogP contribution in [0.5, 0.6) is 0 Å². The lowest BCUT2D eigenvalue weighted by Crippen LogP contribution is -2.15. The molecule has 1 atom stereocenters. The van der Waals surface area contributed by atoms with Crippen molar-refractivity contribution >= 4 is 11.6 Å². The van der Waals surface area contributed by atoms with Crippen molar-refractivity contribution in [3.8, 4) is 0 Å². The first-order valence-electron chi connectivity index (χ1n) is 5.01. The van der Waals surface area contributed by atoms with Crippen LogP contribution in [0.1, 0.15) is 18.0 Å². The molecule has 0 bridgehead atoms. The topological polar surface area (TPSA) is 54.6 Å². The summed E-state index contributed by atoms with van der Waals surface area (Å²) in [6, 6.07) is 5.09. The van der Waals surface area contributed by atoms with E-state index in [1.54, 1.807) is 24.4 Å². The van der Waals surface area contributed by atoms with Crippen LogP contribution < -0.4 is 0 Å². The lowest BCUT2D eigenvalue weighted by atomic mass is 10.0. The van der Waals surface area contributed by atoms with Crippen molar-refractivity contribution in [3.63, 3.8) is 0 Å². The summed E-state index contributed by atoms with van der Waals surface area (Å²) >= 11 is 0. The SMILES string of the molecule is O=C(O)CC(c1cnc2ccccn12)C(F)F. The molecule has 0 aromatic carbocycles. The number of carboxylic acid groups (broad SMARTS) is 1. The number of carboxylic acids is 1. The third kappa shape index (κ3) is 2.25. The maximum atomic E-state index is 12.8. The molecule has 0 amide bonds. The molecule has 17 heavy (non-hydrogen) atoms. The fourth-order valence-electron chi connectivity index (χ4n) is 1.74. The molecule has 2 aromatic heterocycles. The van der Waals surface area contributed by atoms with E-state index in [-0.39, 0.29) is 5.69 Å². The molecule has 2 aromatic rings. The second kappa shape index (κ2) is 4.48. The molecule has 0 fully saturated rings. The van der Waals surface area contributed by atoms with Crippen LogP contribution in [-0.4, -0.2) is 26.9 Å². The highest BCUT2D eigenvalue weighted by Gasteiger charge is 2.28. The first kappa shape index (κ1) is 11.5. The van der Waals surface area contributed by atoms with Gasteiger partial charge in [0, 0.05) is 12.4 Å². The minimum absolute atomic E-state index is 0.220. The summed E-state index contributed by atoms with van der Waals surface area (Å²) in [6.45, 7) is 0. The van der Waals surface area contributed by atoms with Gasteiger partial charge < -0.3 is 9.51 Å². The molecule has 0 aliphatic heterocycles. The minimum atomic E-state index is -2.73. The molecule has 1 N–H and O–H groups in total. The zero-order valence-electron chi connectivity index (χ0n) is 8.75. The molecule has 0 saturated heterocycles. The van der Waals surface area contributed by atoms with Crippen LogP contribution in [0.4, 0.5) is 8.78 Å². The van der Waals surface area contributed by atoms with E-state index in [0.29, 0.717) is 5.65 Å². The smallest absolute Gasteiger partial charge is 0.304 e. The van der Waals surface area contributed by atoms with E-state index in [1.807, 2.05) is 0 Å². The first-order valence-corrected chi connectivity index (χ1v) is 5.01. The monoisotopic (exact) mass is 240 g/mol. The van der Waals surface area contributed by atoms with Gasteiger partial charge in [-0.1, -0.05) is 6.07 Å². The van der Waals surface area contributed by atoms with Gasteiger partial charge in [-0.05, 0) is 12.1 Å². The highest BCUT2D eigenvalue weighted by molar-refractivity contribution is 5.68. The minimum Gasteiger partial charge on any atom is -0.481 e. The Labute approximate surface area is 95.5 Å². The van der Waals surface area contributed by atoms with Crippen LogP contribution in [-0.2, 0) is 4.79 Å². The van der Waals surface area contributed by atoms with Gasteiger partial charge in [0.05, 0.1) is 18.0 Å². The van der Waals surface area contributed by atoms with Crippen LogP contribution in [0.25, 0.3) is 5.65 Å². The van der Waals surface area contributed by atoms with Gasteiger partial charge in [0.25, 0.3) is 0 Å². The molecule has 0 saturated carbocycles. The zero-order chi connectivity index (χ0) is 12.4. The second-order valence-corrected chi connectivity index (χ2v) is 3.65. The molecule has 0 radical (unpaired) electrons. The zero-order valence-corrected chi connectivity index (χ0v) is 8.75. The van der Waals surface area contributed by atoms with Gasteiger partial charge in [-0.3, -0.25) is 4.79 Å². The number of alkyl halides is 2. The van der Waals surface area contributed by atoms with E-state index < -0.39 is 24.7 Å². The predicted octanol–water partition coefficient (Wildman–Crippen LogP) is 2.16. The Morgan fingerprint density at radius 3 is 2.88 bits per heavy atom. The number of rotatable bonds is 4. The van der Waals surface area contributed by atoms with E-state index in [9.17, 15) is 13.6 Å². The molecule has 0 aliphatic carbocycles. The van der Waals surface area contributed by atoms with Gasteiger partial charge in [-0.2, -0.15) is 0 Å². The van der Waals surface area contributed by atoms with Crippen molar-refractivity contribution < 1.29 is 18.7 Å². The maximum absolute atomic E-state index is 12.8. The van der Waals surface area contributed by atoms with Crippen molar-refractivity contribution in [2.75, 3.05) is 0 Å². The van der Waals surface area contributed by atoms with Crippen LogP contribution in [0.3, 0.4) is 0 Å². The number of halogens is 2. The normalized spacial score (nSPS) is 13.1. The quantitative estimate of drug-likeness (QED) is 0.890. The van der Waals surface area contributed by atoms with Crippen molar-refractivity contribution in [1.82, 2.24) is 9.38 Å². The number of aliphatic carboxylic acids is 1. The number of hydrogen-bond acceptors (Lipinski definition) is 2. The average Bonchev–Trinajstić information content (AvgIpc) is 2.69. The summed E-state index contributed by atoms with van der Waals surface area (Å²) in [5.74, 6) is -2.59. The molecule has 90 valence electrons. The van der Waals surface area contributed by atoms with E-state index in [4.69, 9.17) is 5.11 Å². The summed E-state index contributed by atoms with van der Waals surface area (Å²) in [4.78, 5) is 14.5. The van der Waals surface area contributed by atoms with Gasteiger partial charge in [0.15, 0.2) is 0 Å². The molecule has 1 unspecified atom stereocenters. The van der Waals surface area contributed by atoms with Gasteiger partial charge in [-0.25, -0.2) is 13.8 Å². The fraction of sp³-hybridized carbons (Fsp3) is 0.273. The molecule has 0 spiro atoms. The predicted molar refractivity (Wildman–Crippen MR) is 56.2 cm³/mol. The molecule has 2 rings (SSSR count). The van der Waals surface area contributed by atoms with Gasteiger partial charge >= 0.3 is 5.97 Å². The van der Waals surface area contributed by atoms with Crippen molar-refractivity contribution in [1.29, 1.82) is 0 Å². The molecule has 6 heteroatoms. The van der Waals surface area contributed by atoms with E-state index in [2.05, 4.69) is 4.98 Å². The lowest BCUT2D eigenvalue weighted by Gasteiger charge is -2.13. The summed E-state index contributed by atoms with van der Waals surface area (Å²) in [5.41, 5.74) is 0.747. The third-order valence-corrected chi connectivity index (χ3v) is 2.52. The summed E-state index contributed by atoms with van der Waals surface area (Å²) in [6.07, 6.45) is -0.448. The Morgan fingerprint density at radius 2 is 2.24 bits per heavy atom. The first-order chi connectivity index (χ1) is 8.09. The van der Waals surface area contributed by atoms with Crippen LogP contribution in [0.2, 0.25) is 0 Å². The Morgan fingerprint density at radius 1 is 1.47 bits per heavy atom. The third-order valence-electron chi connectivity index (χ3n) is 2.52. The summed E-state index contributed by atoms with van der Waals surface area (Å²) in [5, 5.41) is 8.64. The molecular formula is C11H10F2N2O2. The van der Waals surface area contributed by atoms with Crippen molar-refractivity contribution in [2.24, 2.45) is 0 Å². The molecule has 2 heterocycles. The van der Waals surface area contributed by atoms with Crippen LogP contribution in [0.15, 0.2) is 30.6 Å². The summed E-state index contributed by atoms with van der Waals surface area (Å²) < 4.78 is 27.2. The van der Waals surface area contributed by atoms with E-state index in [0.717, 1.165) is 0 Å². The number of hydrogen-bond donors (Lipinski definition) is 1. The largest absolute Gasteiger partial charge is 0.481 e. The number of carbonyl (C=O) groups is 1. The average molecular weight is 240 g/mol. The summed E-state index contributed by atoms with van der Waals surface area (Å²) in [7, 11) is 0. The Kier molecular flexibility index (Phi) is 3.03. The highest BCUT2D eigenvalue weighted by Crippen LogP contribution is 2.27. The number of imidazole rings is 1. The number of fused-ring (bicyclic) bond motifs is 1. The van der Waals surface area contributed by atoms with Gasteiger partial charge in [0.1, 0.15) is 5.65 Å². The number of aromatic nitrogens is 2. The molecule has 0 aliphatic rings. The number of pyridine rings is 1. The van der Waals surface area contributed by atoms with E-state index in [1.165, 1.54) is 10.6 Å². The van der Waals surface area contributed by atoms with Crippen LogP contribution >= 0.6 is 0 Å². The Bertz CT molecular complexity index is 539. The number of nitrogens with zero attached hydrogens (tertiary/aromatic N) is 2. The molecule has 4 nitrogen and oxygen atoms in total. The lowest BCUT2D eigenvalue weighted by molar-refractivity contribution is -0.138. The van der Waals surface area contributed by atoms with Crippen molar-refractivity contribution in [2.45, 2.75) is 18.8 Å². The maximum Gasteiger partial charge on any atom is 0.304 e. The molecular weight excluding hydrogens is 230 g/mol. The van der Waals surface area contributed by atoms with Crippen molar-refractivity contribution in [3.05, 3.63) is 36.3 Å². The fourth-order valence-corrected chi connectivity index (χ4v) is 1.74. The van der Waals surface area contributed by atoms with E-state index >= 15 is 0 Å². The Hall–Kier alpha value is -1.98. The van der Waals surface area contributed by atoms with Gasteiger partial charge in [-0.15, -0.1) is 0 Å².